The van der Waals surface area contributed by atoms with Gasteiger partial charge in [-0.25, -0.2) is 22.9 Å². The Bertz CT molecular complexity index is 1530. The fourth-order valence-electron chi connectivity index (χ4n) is 5.08. The zero-order valence-electron chi connectivity index (χ0n) is 25.7. The molecule has 1 aromatic heterocycles. The fourth-order valence-corrected chi connectivity index (χ4v) is 6.38. The number of fused-ring (bicyclic) bond motifs is 1. The first-order valence-electron chi connectivity index (χ1n) is 14.6. The van der Waals surface area contributed by atoms with E-state index in [1.807, 2.05) is 18.2 Å². The van der Waals surface area contributed by atoms with Crippen molar-refractivity contribution in [1.29, 1.82) is 0 Å². The average molecular weight is 656 g/mol. The van der Waals surface area contributed by atoms with Crippen LogP contribution in [0, 0.1) is 11.8 Å². The largest absolute Gasteiger partial charge is 0.497 e. The number of methoxy groups -OCH3 is 2. The van der Waals surface area contributed by atoms with Gasteiger partial charge in [0.2, 0.25) is 16.0 Å². The number of aromatic nitrogens is 2. The highest BCUT2D eigenvalue weighted by molar-refractivity contribution is 7.89. The predicted octanol–water partition coefficient (Wildman–Crippen LogP) is 5.32. The highest BCUT2D eigenvalue weighted by Crippen LogP contribution is 2.31. The highest BCUT2D eigenvalue weighted by atomic mass is 32.2. The van der Waals surface area contributed by atoms with Crippen molar-refractivity contribution in [3.05, 3.63) is 42.5 Å². The summed E-state index contributed by atoms with van der Waals surface area (Å²) in [6.45, 7) is 7.25. The van der Waals surface area contributed by atoms with E-state index in [2.05, 4.69) is 34.9 Å². The molecule has 2 aromatic carbocycles. The van der Waals surface area contributed by atoms with E-state index in [-0.39, 0.29) is 4.90 Å². The third-order valence-corrected chi connectivity index (χ3v) is 9.07. The number of nitrogens with one attached hydrogen (secondary N) is 2. The van der Waals surface area contributed by atoms with Gasteiger partial charge in [-0.1, -0.05) is 12.1 Å². The van der Waals surface area contributed by atoms with Gasteiger partial charge in [-0.05, 0) is 75.6 Å². The van der Waals surface area contributed by atoms with E-state index in [1.54, 1.807) is 12.1 Å². The summed E-state index contributed by atoms with van der Waals surface area (Å²) in [5.41, 5.74) is 0.940. The van der Waals surface area contributed by atoms with Crippen molar-refractivity contribution in [3.63, 3.8) is 0 Å². The van der Waals surface area contributed by atoms with Crippen molar-refractivity contribution in [2.75, 3.05) is 50.6 Å². The summed E-state index contributed by atoms with van der Waals surface area (Å²) in [7, 11) is -0.746. The fraction of sp³-hybridized carbons (Fsp3) is 0.500. The number of ether oxygens (including phenoxy) is 2. The molecule has 0 saturated heterocycles. The van der Waals surface area contributed by atoms with Crippen LogP contribution in [0.25, 0.3) is 10.9 Å². The Balaban J connectivity index is 0.000000707. The number of sulfonamides is 1. The maximum Gasteiger partial charge on any atom is 0.490 e. The highest BCUT2D eigenvalue weighted by Gasteiger charge is 2.38. The van der Waals surface area contributed by atoms with Crippen LogP contribution in [0.1, 0.15) is 39.5 Å². The number of benzene rings is 2. The number of anilines is 2. The monoisotopic (exact) mass is 655 g/mol. The quantitative estimate of drug-likeness (QED) is 0.235. The number of rotatable bonds is 12. The van der Waals surface area contributed by atoms with Crippen molar-refractivity contribution >= 4 is 38.7 Å². The lowest BCUT2D eigenvalue weighted by Gasteiger charge is -2.29. The van der Waals surface area contributed by atoms with Crippen LogP contribution in [0.4, 0.5) is 24.9 Å². The maximum atomic E-state index is 13.0. The Kier molecular flexibility index (Phi) is 12.6. The van der Waals surface area contributed by atoms with Gasteiger partial charge in [-0.15, -0.1) is 0 Å². The zero-order chi connectivity index (χ0) is 33.2. The number of alkyl halides is 3. The van der Waals surface area contributed by atoms with Crippen LogP contribution < -0.4 is 24.4 Å². The number of halogens is 3. The second-order valence-corrected chi connectivity index (χ2v) is 12.2. The lowest BCUT2D eigenvalue weighted by atomic mass is 9.82. The van der Waals surface area contributed by atoms with E-state index < -0.39 is 22.2 Å². The molecule has 11 nitrogen and oxygen atoms in total. The second-order valence-electron chi connectivity index (χ2n) is 10.5. The molecule has 3 N–H and O–H groups in total. The normalized spacial score (nSPS) is 16.8. The summed E-state index contributed by atoms with van der Waals surface area (Å²) < 4.78 is 70.9. The van der Waals surface area contributed by atoms with E-state index in [9.17, 15) is 21.6 Å². The lowest BCUT2D eigenvalue weighted by molar-refractivity contribution is -0.192. The molecule has 45 heavy (non-hydrogen) atoms. The van der Waals surface area contributed by atoms with Gasteiger partial charge in [0, 0.05) is 37.6 Å². The number of nitrogens with zero attached hydrogens (tertiary/aromatic N) is 3. The molecular formula is C30H40F3N5O6S. The number of carboxylic acids is 1. The van der Waals surface area contributed by atoms with Crippen LogP contribution in [0.2, 0.25) is 0 Å². The molecule has 4 rings (SSSR count). The van der Waals surface area contributed by atoms with E-state index in [4.69, 9.17) is 29.3 Å². The van der Waals surface area contributed by atoms with Gasteiger partial charge >= 0.3 is 12.1 Å². The van der Waals surface area contributed by atoms with Crippen molar-refractivity contribution in [2.24, 2.45) is 11.8 Å². The van der Waals surface area contributed by atoms with Crippen molar-refractivity contribution in [2.45, 2.75) is 50.6 Å². The zero-order valence-corrected chi connectivity index (χ0v) is 26.5. The minimum absolute atomic E-state index is 0.0942. The van der Waals surface area contributed by atoms with Crippen LogP contribution in [0.5, 0.6) is 11.5 Å². The minimum Gasteiger partial charge on any atom is -0.497 e. The number of aliphatic carboxylic acids is 1. The molecule has 15 heteroatoms. The van der Waals surface area contributed by atoms with Gasteiger partial charge in [0.05, 0.1) is 19.7 Å². The van der Waals surface area contributed by atoms with Gasteiger partial charge in [-0.3, -0.25) is 0 Å². The van der Waals surface area contributed by atoms with Gasteiger partial charge in [0.25, 0.3) is 0 Å². The van der Waals surface area contributed by atoms with Gasteiger partial charge in [0.1, 0.15) is 22.2 Å². The molecule has 1 aliphatic carbocycles. The predicted molar refractivity (Wildman–Crippen MR) is 165 cm³/mol. The second kappa shape index (κ2) is 15.9. The SMILES string of the molecule is CCN(CC)c1nc(NCC2CCC(CNS(=O)(=O)c3cc(OC)ccc3OC)CC2)nc2ccccc12.O=C(O)C(F)(F)F. The van der Waals surface area contributed by atoms with E-state index in [0.29, 0.717) is 35.8 Å². The van der Waals surface area contributed by atoms with Crippen molar-refractivity contribution in [1.82, 2.24) is 14.7 Å². The van der Waals surface area contributed by atoms with E-state index >= 15 is 0 Å². The molecule has 1 heterocycles. The van der Waals surface area contributed by atoms with Crippen LogP contribution in [-0.2, 0) is 14.8 Å². The maximum absolute atomic E-state index is 13.0. The molecule has 248 valence electrons. The standard InChI is InChI=1S/C28H39N5O4S.C2HF3O2/c1-5-33(6-2)27-23-9-7-8-10-24(23)31-28(32-27)29-18-20-11-13-21(14-12-20)19-30-38(34,35)26-17-22(36-3)15-16-25(26)37-4;3-2(4,5)1(6)7/h7-10,15-17,20-21,30H,5-6,11-14,18-19H2,1-4H3,(H,29,31,32);(H,6,7). The van der Waals surface area contributed by atoms with Crippen LogP contribution >= 0.6 is 0 Å². The molecule has 0 atom stereocenters. The molecule has 0 aliphatic heterocycles. The Morgan fingerprint density at radius 2 is 1.58 bits per heavy atom. The molecule has 0 amide bonds. The number of hydrogen-bond donors (Lipinski definition) is 3. The van der Waals surface area contributed by atoms with Crippen molar-refractivity contribution < 1.29 is 41.0 Å². The molecule has 0 spiro atoms. The van der Waals surface area contributed by atoms with Crippen LogP contribution in [0.3, 0.4) is 0 Å². The van der Waals surface area contributed by atoms with Crippen molar-refractivity contribution in [3.8, 4) is 11.5 Å². The number of hydrogen-bond acceptors (Lipinski definition) is 9. The summed E-state index contributed by atoms with van der Waals surface area (Å²) in [4.78, 5) is 20.9. The molecule has 1 aliphatic rings. The lowest BCUT2D eigenvalue weighted by Crippen LogP contribution is -2.32. The van der Waals surface area contributed by atoms with Crippen LogP contribution in [0.15, 0.2) is 47.4 Å². The van der Waals surface area contributed by atoms with Gasteiger partial charge in [0.15, 0.2) is 0 Å². The summed E-state index contributed by atoms with van der Waals surface area (Å²) in [5.74, 6) is 0.427. The Morgan fingerprint density at radius 1 is 0.978 bits per heavy atom. The molecule has 0 bridgehead atoms. The Morgan fingerprint density at radius 3 is 2.13 bits per heavy atom. The minimum atomic E-state index is -5.08. The molecular weight excluding hydrogens is 615 g/mol. The molecule has 1 saturated carbocycles. The summed E-state index contributed by atoms with van der Waals surface area (Å²) in [5, 5.41) is 11.7. The number of para-hydroxylation sites is 1. The summed E-state index contributed by atoms with van der Waals surface area (Å²) >= 11 is 0. The molecule has 1 fully saturated rings. The number of carboxylic acid groups (broad SMARTS) is 1. The van der Waals surface area contributed by atoms with Crippen LogP contribution in [-0.4, -0.2) is 76.0 Å². The van der Waals surface area contributed by atoms with Gasteiger partial charge in [-0.2, -0.15) is 18.2 Å². The Hall–Kier alpha value is -3.85. The first-order valence-corrected chi connectivity index (χ1v) is 16.1. The third-order valence-electron chi connectivity index (χ3n) is 7.63. The smallest absolute Gasteiger partial charge is 0.490 e. The van der Waals surface area contributed by atoms with E-state index in [0.717, 1.165) is 62.0 Å². The average Bonchev–Trinajstić information content (AvgIpc) is 3.03. The first kappa shape index (κ1) is 35.6. The molecule has 0 radical (unpaired) electrons. The molecule has 3 aromatic rings. The third kappa shape index (κ3) is 9.82. The number of carbonyl (C=O) groups is 1. The van der Waals surface area contributed by atoms with E-state index in [1.165, 1.54) is 20.3 Å². The first-order chi connectivity index (χ1) is 21.3. The summed E-state index contributed by atoms with van der Waals surface area (Å²) in [6.07, 6.45) is -1.10. The molecule has 0 unspecified atom stereocenters. The summed E-state index contributed by atoms with van der Waals surface area (Å²) in [6, 6.07) is 12.9. The topological polar surface area (TPSA) is 143 Å². The van der Waals surface area contributed by atoms with Gasteiger partial charge < -0.3 is 24.8 Å². The Labute approximate surface area is 261 Å².